The Labute approximate surface area is 325 Å². The molecule has 0 aliphatic carbocycles. The van der Waals surface area contributed by atoms with Crippen molar-refractivity contribution in [3.8, 4) is 0 Å². The molecule has 0 N–H and O–H groups in total. The van der Waals surface area contributed by atoms with Crippen molar-refractivity contribution in [2.75, 3.05) is 13.7 Å². The highest BCUT2D eigenvalue weighted by molar-refractivity contribution is 5.91. The first-order valence-corrected chi connectivity index (χ1v) is 18.2. The van der Waals surface area contributed by atoms with Crippen LogP contribution in [0.15, 0.2) is 182 Å². The first-order chi connectivity index (χ1) is 27.5. The largest absolute Gasteiger partial charge is 0.452 e. The molecule has 5 atom stereocenters. The lowest BCUT2D eigenvalue weighted by atomic mass is 9.80. The smallest absolute Gasteiger partial charge is 0.338 e. The van der Waals surface area contributed by atoms with Crippen LogP contribution in [0, 0.1) is 0 Å². The molecule has 282 valence electrons. The summed E-state index contributed by atoms with van der Waals surface area (Å²) < 4.78 is 38.1. The molecule has 0 amide bonds. The van der Waals surface area contributed by atoms with E-state index in [-0.39, 0.29) is 23.3 Å². The van der Waals surface area contributed by atoms with E-state index in [1.54, 1.807) is 91.0 Å². The molecule has 6 aromatic carbocycles. The van der Waals surface area contributed by atoms with Gasteiger partial charge in [0, 0.05) is 7.11 Å². The minimum atomic E-state index is -1.42. The molecule has 0 spiro atoms. The van der Waals surface area contributed by atoms with E-state index >= 15 is 0 Å². The molecule has 0 aromatic heterocycles. The van der Waals surface area contributed by atoms with E-state index in [2.05, 4.69) is 0 Å². The minimum absolute atomic E-state index is 0.204. The first-order valence-electron chi connectivity index (χ1n) is 18.2. The third-order valence-electron chi connectivity index (χ3n) is 9.59. The first kappa shape index (κ1) is 37.9. The Morgan fingerprint density at radius 3 is 1.14 bits per heavy atom. The molecule has 1 aliphatic heterocycles. The fraction of sp³-hybridized carbons (Fsp3) is 0.170. The van der Waals surface area contributed by atoms with Gasteiger partial charge in [0.05, 0.1) is 23.3 Å². The van der Waals surface area contributed by atoms with Crippen molar-refractivity contribution in [3.05, 3.63) is 215 Å². The van der Waals surface area contributed by atoms with Gasteiger partial charge in [-0.1, -0.05) is 146 Å². The summed E-state index contributed by atoms with van der Waals surface area (Å²) in [7, 11) is 1.39. The minimum Gasteiger partial charge on any atom is -0.452 e. The van der Waals surface area contributed by atoms with E-state index in [9.17, 15) is 14.4 Å². The third kappa shape index (κ3) is 8.30. The van der Waals surface area contributed by atoms with Gasteiger partial charge < -0.3 is 28.4 Å². The zero-order valence-corrected chi connectivity index (χ0v) is 30.6. The van der Waals surface area contributed by atoms with Gasteiger partial charge >= 0.3 is 17.9 Å². The third-order valence-corrected chi connectivity index (χ3v) is 9.59. The Kier molecular flexibility index (Phi) is 12.1. The summed E-state index contributed by atoms with van der Waals surface area (Å²) in [6.07, 6.45) is -6.57. The Balaban J connectivity index is 1.33. The normalized spacial score (nSPS) is 19.3. The molecule has 1 heterocycles. The van der Waals surface area contributed by atoms with Gasteiger partial charge in [-0.05, 0) is 53.1 Å². The SMILES string of the molecule is CO[C@H]1O[C@@H](COC(c2ccccc2)(c2ccccc2)c2ccccc2)[C@@H](OC(=O)c2ccccc2)[C@@H](OC(=O)c2ccccc2)[C@@H]1OC(=O)c1ccccc1. The number of benzene rings is 6. The second kappa shape index (κ2) is 17.8. The van der Waals surface area contributed by atoms with Crippen molar-refractivity contribution in [1.82, 2.24) is 0 Å². The summed E-state index contributed by atoms with van der Waals surface area (Å²) in [5, 5.41) is 0. The average molecular weight is 749 g/mol. The maximum atomic E-state index is 13.9. The molecule has 9 heteroatoms. The second-order valence-corrected chi connectivity index (χ2v) is 13.1. The molecular formula is C47H40O9. The van der Waals surface area contributed by atoms with Crippen LogP contribution < -0.4 is 0 Å². The Bertz CT molecular complexity index is 2070. The molecule has 56 heavy (non-hydrogen) atoms. The number of hydrogen-bond acceptors (Lipinski definition) is 9. The number of esters is 3. The van der Waals surface area contributed by atoms with E-state index in [1.807, 2.05) is 91.0 Å². The number of ether oxygens (including phenoxy) is 6. The number of methoxy groups -OCH3 is 1. The lowest BCUT2D eigenvalue weighted by Gasteiger charge is -2.45. The Morgan fingerprint density at radius 1 is 0.464 bits per heavy atom. The molecule has 7 rings (SSSR count). The lowest BCUT2D eigenvalue weighted by Crippen LogP contribution is -2.63. The van der Waals surface area contributed by atoms with Gasteiger partial charge in [-0.25, -0.2) is 14.4 Å². The maximum Gasteiger partial charge on any atom is 0.338 e. The highest BCUT2D eigenvalue weighted by Gasteiger charge is 2.54. The van der Waals surface area contributed by atoms with Gasteiger partial charge in [-0.2, -0.15) is 0 Å². The monoisotopic (exact) mass is 748 g/mol. The van der Waals surface area contributed by atoms with Crippen LogP contribution >= 0.6 is 0 Å². The molecule has 0 saturated carbocycles. The second-order valence-electron chi connectivity index (χ2n) is 13.1. The summed E-state index contributed by atoms with van der Waals surface area (Å²) in [6, 6.07) is 54.4. The predicted octanol–water partition coefficient (Wildman–Crippen LogP) is 8.04. The van der Waals surface area contributed by atoms with E-state index in [4.69, 9.17) is 28.4 Å². The van der Waals surface area contributed by atoms with Crippen LogP contribution in [0.1, 0.15) is 47.8 Å². The molecule has 9 nitrogen and oxygen atoms in total. The quantitative estimate of drug-likeness (QED) is 0.0659. The standard InChI is InChI=1S/C47H40O9/c1-51-46-42(56-45(50)35-24-12-4-13-25-35)41(55-44(49)34-22-10-3-11-23-34)40(54-43(48)33-20-8-2-9-21-33)39(53-46)32-52-47(36-26-14-5-15-27-36,37-28-16-6-17-29-37)38-30-18-7-19-31-38/h2-31,39-42,46H,32H2,1H3/t39-,40+,41+,42-,46-/m0/s1. The molecular weight excluding hydrogens is 709 g/mol. The molecule has 0 bridgehead atoms. The Morgan fingerprint density at radius 2 is 0.786 bits per heavy atom. The van der Waals surface area contributed by atoms with Crippen LogP contribution in [0.3, 0.4) is 0 Å². The van der Waals surface area contributed by atoms with Crippen LogP contribution in [0.2, 0.25) is 0 Å². The summed E-state index contributed by atoms with van der Waals surface area (Å²) in [5.41, 5.74) is 2.04. The van der Waals surface area contributed by atoms with Crippen molar-refractivity contribution in [1.29, 1.82) is 0 Å². The summed E-state index contributed by atoms with van der Waals surface area (Å²) in [6.45, 7) is -0.204. The number of carbonyl (C=O) groups excluding carboxylic acids is 3. The summed E-state index contributed by atoms with van der Waals surface area (Å²) in [4.78, 5) is 41.4. The van der Waals surface area contributed by atoms with Crippen LogP contribution in [-0.4, -0.2) is 62.3 Å². The van der Waals surface area contributed by atoms with Gasteiger partial charge in [0.2, 0.25) is 0 Å². The van der Waals surface area contributed by atoms with Crippen molar-refractivity contribution in [2.24, 2.45) is 0 Å². The van der Waals surface area contributed by atoms with Crippen molar-refractivity contribution >= 4 is 17.9 Å². The van der Waals surface area contributed by atoms with E-state index in [0.29, 0.717) is 0 Å². The summed E-state index contributed by atoms with van der Waals surface area (Å²) >= 11 is 0. The maximum absolute atomic E-state index is 13.9. The number of rotatable bonds is 13. The zero-order valence-electron chi connectivity index (χ0n) is 30.6. The van der Waals surface area contributed by atoms with Crippen molar-refractivity contribution in [3.63, 3.8) is 0 Å². The van der Waals surface area contributed by atoms with E-state index in [1.165, 1.54) is 7.11 Å². The van der Waals surface area contributed by atoms with Crippen molar-refractivity contribution < 1.29 is 42.8 Å². The molecule has 0 radical (unpaired) electrons. The van der Waals surface area contributed by atoms with E-state index in [0.717, 1.165) is 16.7 Å². The van der Waals surface area contributed by atoms with Gasteiger partial charge in [-0.3, -0.25) is 0 Å². The lowest BCUT2D eigenvalue weighted by molar-refractivity contribution is -0.296. The highest BCUT2D eigenvalue weighted by Crippen LogP contribution is 2.42. The Hall–Kier alpha value is -6.39. The molecule has 0 unspecified atom stereocenters. The van der Waals surface area contributed by atoms with Crippen LogP contribution in [0.4, 0.5) is 0 Å². The van der Waals surface area contributed by atoms with Gasteiger partial charge in [0.15, 0.2) is 24.6 Å². The molecule has 1 saturated heterocycles. The number of carbonyl (C=O) groups is 3. The predicted molar refractivity (Wildman–Crippen MR) is 208 cm³/mol. The van der Waals surface area contributed by atoms with Gasteiger partial charge in [0.1, 0.15) is 11.7 Å². The fourth-order valence-corrected chi connectivity index (χ4v) is 6.88. The van der Waals surface area contributed by atoms with Crippen LogP contribution in [0.5, 0.6) is 0 Å². The van der Waals surface area contributed by atoms with Crippen LogP contribution in [-0.2, 0) is 34.0 Å². The number of hydrogen-bond donors (Lipinski definition) is 0. The van der Waals surface area contributed by atoms with Crippen molar-refractivity contribution in [2.45, 2.75) is 36.3 Å². The summed E-state index contributed by atoms with van der Waals surface area (Å²) in [5.74, 6) is -2.17. The average Bonchev–Trinajstić information content (AvgIpc) is 3.27. The molecule has 1 fully saturated rings. The van der Waals surface area contributed by atoms with Gasteiger partial charge in [-0.15, -0.1) is 0 Å². The molecule has 1 aliphatic rings. The highest BCUT2D eigenvalue weighted by atomic mass is 16.7. The van der Waals surface area contributed by atoms with E-state index < -0.39 is 54.2 Å². The van der Waals surface area contributed by atoms with Gasteiger partial charge in [0.25, 0.3) is 0 Å². The van der Waals surface area contributed by atoms with Crippen LogP contribution in [0.25, 0.3) is 0 Å². The molecule has 6 aromatic rings. The zero-order chi connectivity index (χ0) is 38.7. The fourth-order valence-electron chi connectivity index (χ4n) is 6.88. The topological polar surface area (TPSA) is 107 Å².